The number of nitrogens with two attached hydrogens (primary N) is 2. The Morgan fingerprint density at radius 2 is 1.75 bits per heavy atom. The SMILES string of the molecule is CC(C)(C)Cc1ccc(C(=O)Oc2cccc(N=C(N)N)c2)cc1. The van der Waals surface area contributed by atoms with Gasteiger partial charge in [-0.2, -0.15) is 0 Å². The number of carbonyl (C=O) groups excluding carboxylic acids is 1. The number of aliphatic imine (C=N–C) groups is 1. The van der Waals surface area contributed by atoms with Gasteiger partial charge in [-0.15, -0.1) is 0 Å². The van der Waals surface area contributed by atoms with E-state index in [1.165, 1.54) is 5.56 Å². The molecular weight excluding hydrogens is 302 g/mol. The largest absolute Gasteiger partial charge is 0.423 e. The number of esters is 1. The first-order chi connectivity index (χ1) is 11.2. The van der Waals surface area contributed by atoms with Crippen LogP contribution in [0.25, 0.3) is 0 Å². The van der Waals surface area contributed by atoms with Gasteiger partial charge in [0.05, 0.1) is 11.3 Å². The molecule has 0 saturated carbocycles. The van der Waals surface area contributed by atoms with Crippen LogP contribution in [-0.4, -0.2) is 11.9 Å². The molecule has 0 aliphatic carbocycles. The summed E-state index contributed by atoms with van der Waals surface area (Å²) in [5.74, 6) is -0.0756. The maximum absolute atomic E-state index is 12.2. The van der Waals surface area contributed by atoms with E-state index in [0.29, 0.717) is 17.0 Å². The number of rotatable bonds is 4. The predicted molar refractivity (Wildman–Crippen MR) is 96.5 cm³/mol. The summed E-state index contributed by atoms with van der Waals surface area (Å²) in [6, 6.07) is 14.2. The van der Waals surface area contributed by atoms with E-state index in [1.807, 2.05) is 12.1 Å². The van der Waals surface area contributed by atoms with Crippen molar-refractivity contribution in [3.63, 3.8) is 0 Å². The molecule has 4 N–H and O–H groups in total. The first-order valence-corrected chi connectivity index (χ1v) is 7.74. The van der Waals surface area contributed by atoms with Crippen molar-refractivity contribution < 1.29 is 9.53 Å². The molecule has 0 aliphatic heterocycles. The molecule has 0 unspecified atom stereocenters. The number of nitrogens with zero attached hydrogens (tertiary/aromatic N) is 1. The van der Waals surface area contributed by atoms with Crippen LogP contribution in [0.5, 0.6) is 5.75 Å². The highest BCUT2D eigenvalue weighted by molar-refractivity contribution is 5.91. The Morgan fingerprint density at radius 1 is 1.08 bits per heavy atom. The van der Waals surface area contributed by atoms with Crippen LogP contribution in [-0.2, 0) is 6.42 Å². The van der Waals surface area contributed by atoms with Crippen LogP contribution < -0.4 is 16.2 Å². The van der Waals surface area contributed by atoms with E-state index in [1.54, 1.807) is 36.4 Å². The van der Waals surface area contributed by atoms with Gasteiger partial charge in [0.15, 0.2) is 5.96 Å². The number of guanidine groups is 1. The second kappa shape index (κ2) is 7.17. The third-order valence-electron chi connectivity index (χ3n) is 3.21. The molecule has 2 aromatic carbocycles. The lowest BCUT2D eigenvalue weighted by molar-refractivity contribution is 0.0735. The van der Waals surface area contributed by atoms with Crippen molar-refractivity contribution in [2.24, 2.45) is 21.9 Å². The van der Waals surface area contributed by atoms with Gasteiger partial charge in [0.1, 0.15) is 5.75 Å². The summed E-state index contributed by atoms with van der Waals surface area (Å²) in [6.45, 7) is 6.54. The Hall–Kier alpha value is -2.82. The van der Waals surface area contributed by atoms with Gasteiger partial charge >= 0.3 is 5.97 Å². The zero-order chi connectivity index (χ0) is 17.7. The average molecular weight is 325 g/mol. The summed E-state index contributed by atoms with van der Waals surface area (Å²) in [5, 5.41) is 0. The number of hydrogen-bond donors (Lipinski definition) is 2. The summed E-state index contributed by atoms with van der Waals surface area (Å²) < 4.78 is 5.37. The van der Waals surface area contributed by atoms with Gasteiger partial charge in [-0.05, 0) is 41.7 Å². The number of hydrogen-bond acceptors (Lipinski definition) is 3. The van der Waals surface area contributed by atoms with Gasteiger partial charge in [0.2, 0.25) is 0 Å². The van der Waals surface area contributed by atoms with Crippen molar-refractivity contribution in [3.05, 3.63) is 59.7 Å². The van der Waals surface area contributed by atoms with Crippen LogP contribution in [0.4, 0.5) is 5.69 Å². The molecule has 0 aromatic heterocycles. The molecule has 126 valence electrons. The molecule has 0 amide bonds. The third kappa shape index (κ3) is 5.43. The molecule has 0 heterocycles. The summed E-state index contributed by atoms with van der Waals surface area (Å²) in [5.41, 5.74) is 13.1. The summed E-state index contributed by atoms with van der Waals surface area (Å²) >= 11 is 0. The van der Waals surface area contributed by atoms with Crippen LogP contribution in [0.15, 0.2) is 53.5 Å². The molecule has 0 aliphatic rings. The number of benzene rings is 2. The Bertz CT molecular complexity index is 740. The molecule has 0 radical (unpaired) electrons. The molecular formula is C19H23N3O2. The quantitative estimate of drug-likeness (QED) is 0.390. The van der Waals surface area contributed by atoms with E-state index in [9.17, 15) is 4.79 Å². The van der Waals surface area contributed by atoms with E-state index in [0.717, 1.165) is 6.42 Å². The van der Waals surface area contributed by atoms with Crippen molar-refractivity contribution in [3.8, 4) is 5.75 Å². The third-order valence-corrected chi connectivity index (χ3v) is 3.21. The molecule has 2 rings (SSSR count). The maximum Gasteiger partial charge on any atom is 0.343 e. The van der Waals surface area contributed by atoms with Crippen molar-refractivity contribution in [2.45, 2.75) is 27.2 Å². The summed E-state index contributed by atoms with van der Waals surface area (Å²) in [6.07, 6.45) is 0.947. The summed E-state index contributed by atoms with van der Waals surface area (Å²) in [7, 11) is 0. The molecule has 0 spiro atoms. The van der Waals surface area contributed by atoms with Crippen LogP contribution in [0.1, 0.15) is 36.7 Å². The second-order valence-corrected chi connectivity index (χ2v) is 6.86. The van der Waals surface area contributed by atoms with Crippen molar-refractivity contribution in [2.75, 3.05) is 0 Å². The fourth-order valence-electron chi connectivity index (χ4n) is 2.30. The van der Waals surface area contributed by atoms with Crippen LogP contribution in [0.2, 0.25) is 0 Å². The second-order valence-electron chi connectivity index (χ2n) is 6.86. The van der Waals surface area contributed by atoms with Gasteiger partial charge in [0.25, 0.3) is 0 Å². The standard InChI is InChI=1S/C19H23N3O2/c1-19(2,3)12-13-7-9-14(10-8-13)17(23)24-16-6-4-5-15(11-16)22-18(20)21/h4-11H,12H2,1-3H3,(H4,20,21,22). The molecule has 24 heavy (non-hydrogen) atoms. The van der Waals surface area contributed by atoms with E-state index >= 15 is 0 Å². The fraction of sp³-hybridized carbons (Fsp3) is 0.263. The molecule has 0 saturated heterocycles. The van der Waals surface area contributed by atoms with Gasteiger partial charge in [0, 0.05) is 6.07 Å². The molecule has 2 aromatic rings. The van der Waals surface area contributed by atoms with Crippen LogP contribution in [0.3, 0.4) is 0 Å². The van der Waals surface area contributed by atoms with Crippen molar-refractivity contribution in [1.29, 1.82) is 0 Å². The topological polar surface area (TPSA) is 90.7 Å². The van der Waals surface area contributed by atoms with E-state index < -0.39 is 5.97 Å². The van der Waals surface area contributed by atoms with Crippen molar-refractivity contribution in [1.82, 2.24) is 0 Å². The molecule has 0 atom stereocenters. The first-order valence-electron chi connectivity index (χ1n) is 7.74. The van der Waals surface area contributed by atoms with E-state index in [-0.39, 0.29) is 11.4 Å². The lowest BCUT2D eigenvalue weighted by Gasteiger charge is -2.18. The fourth-order valence-corrected chi connectivity index (χ4v) is 2.30. The highest BCUT2D eigenvalue weighted by Crippen LogP contribution is 2.22. The van der Waals surface area contributed by atoms with E-state index in [4.69, 9.17) is 16.2 Å². The minimum absolute atomic E-state index is 0.0482. The lowest BCUT2D eigenvalue weighted by atomic mass is 9.88. The highest BCUT2D eigenvalue weighted by Gasteiger charge is 2.13. The zero-order valence-electron chi connectivity index (χ0n) is 14.2. The lowest BCUT2D eigenvalue weighted by Crippen LogP contribution is -2.21. The molecule has 0 fully saturated rings. The average Bonchev–Trinajstić information content (AvgIpc) is 2.46. The smallest absolute Gasteiger partial charge is 0.343 e. The normalized spacial score (nSPS) is 11.0. The zero-order valence-corrected chi connectivity index (χ0v) is 14.2. The van der Waals surface area contributed by atoms with Crippen molar-refractivity contribution >= 4 is 17.6 Å². The van der Waals surface area contributed by atoms with Gasteiger partial charge in [-0.25, -0.2) is 9.79 Å². The molecule has 5 heteroatoms. The van der Waals surface area contributed by atoms with E-state index in [2.05, 4.69) is 25.8 Å². The van der Waals surface area contributed by atoms with Gasteiger partial charge < -0.3 is 16.2 Å². The number of carbonyl (C=O) groups is 1. The predicted octanol–water partition coefficient (Wildman–Crippen LogP) is 3.40. The Morgan fingerprint density at radius 3 is 2.33 bits per heavy atom. The summed E-state index contributed by atoms with van der Waals surface area (Å²) in [4.78, 5) is 16.2. The minimum atomic E-state index is -0.417. The van der Waals surface area contributed by atoms with Gasteiger partial charge in [-0.1, -0.05) is 39.0 Å². The maximum atomic E-state index is 12.2. The highest BCUT2D eigenvalue weighted by atomic mass is 16.5. The minimum Gasteiger partial charge on any atom is -0.423 e. The Balaban J connectivity index is 2.08. The van der Waals surface area contributed by atoms with Crippen LogP contribution in [0, 0.1) is 5.41 Å². The number of ether oxygens (including phenoxy) is 1. The molecule has 5 nitrogen and oxygen atoms in total. The Labute approximate surface area is 142 Å². The first kappa shape index (κ1) is 17.5. The molecule has 0 bridgehead atoms. The van der Waals surface area contributed by atoms with Gasteiger partial charge in [-0.3, -0.25) is 0 Å². The monoisotopic (exact) mass is 325 g/mol. The van der Waals surface area contributed by atoms with Crippen LogP contribution >= 0.6 is 0 Å². The Kier molecular flexibility index (Phi) is 5.24.